The van der Waals surface area contributed by atoms with Gasteiger partial charge in [-0.25, -0.2) is 8.42 Å². The van der Waals surface area contributed by atoms with Gasteiger partial charge < -0.3 is 27.2 Å². The average molecular weight is 261 g/mol. The lowest BCUT2D eigenvalue weighted by Gasteiger charge is -2.29. The molecule has 94 valence electrons. The van der Waals surface area contributed by atoms with E-state index in [1.165, 1.54) is 0 Å². The maximum absolute atomic E-state index is 10.4. The molecule has 0 saturated heterocycles. The lowest BCUT2D eigenvalue weighted by molar-refractivity contribution is -0.891. The van der Waals surface area contributed by atoms with Gasteiger partial charge in [0.05, 0.1) is 43.8 Å². The van der Waals surface area contributed by atoms with Gasteiger partial charge in [-0.1, -0.05) is 0 Å². The van der Waals surface area contributed by atoms with Crippen molar-refractivity contribution in [3.05, 3.63) is 0 Å². The van der Waals surface area contributed by atoms with E-state index in [1.807, 2.05) is 14.1 Å². The van der Waals surface area contributed by atoms with Gasteiger partial charge in [-0.3, -0.25) is 0 Å². The third kappa shape index (κ3) is 12.0. The zero-order valence-corrected chi connectivity index (χ0v) is 11.0. The van der Waals surface area contributed by atoms with Crippen LogP contribution in [0.25, 0.3) is 0 Å². The molecule has 0 aliphatic carbocycles. The van der Waals surface area contributed by atoms with Crippen LogP contribution in [0.5, 0.6) is 0 Å². The standard InChI is InChI=1S/C8H20N2O3S.ClH/c1-10(2,6-3-5-9)7-4-8-14(11,12)13;/h3-9H2,1-2H3;1H. The Morgan fingerprint density at radius 3 is 2.07 bits per heavy atom. The predicted molar refractivity (Wildman–Crippen MR) is 53.4 cm³/mol. The molecule has 7 heteroatoms. The maximum atomic E-state index is 10.4. The van der Waals surface area contributed by atoms with Crippen molar-refractivity contribution < 1.29 is 35.6 Å². The average Bonchev–Trinajstić information content (AvgIpc) is 1.98. The highest BCUT2D eigenvalue weighted by Gasteiger charge is 2.14. The second kappa shape index (κ2) is 7.40. The van der Waals surface area contributed by atoms with E-state index in [1.54, 1.807) is 0 Å². The largest absolute Gasteiger partial charge is 1.00 e. The molecule has 0 aromatic rings. The van der Waals surface area contributed by atoms with E-state index >= 15 is 0 Å². The highest BCUT2D eigenvalue weighted by molar-refractivity contribution is 7.85. The smallest absolute Gasteiger partial charge is 0.0948 e. The molecule has 0 rings (SSSR count). The van der Waals surface area contributed by atoms with Crippen LogP contribution in [0.2, 0.25) is 0 Å². The topological polar surface area (TPSA) is 84.8 Å². The van der Waals surface area contributed by atoms with Gasteiger partial charge in [0.15, 0.2) is 0 Å². The van der Waals surface area contributed by atoms with Gasteiger partial charge in [-0.05, 0) is 0 Å². The van der Waals surface area contributed by atoms with E-state index in [0.717, 1.165) is 30.5 Å². The van der Waals surface area contributed by atoms with Crippen LogP contribution < -0.4 is 18.1 Å². The number of rotatable bonds is 7. The Morgan fingerprint density at radius 1 is 1.20 bits per heavy atom. The lowest BCUT2D eigenvalue weighted by atomic mass is 10.3. The summed E-state index contributed by atoms with van der Waals surface area (Å²) < 4.78 is 31.8. The lowest BCUT2D eigenvalue weighted by Crippen LogP contribution is -3.00. The highest BCUT2D eigenvalue weighted by atomic mass is 35.5. The van der Waals surface area contributed by atoms with Crippen molar-refractivity contribution in [1.82, 2.24) is 0 Å². The number of halogens is 1. The van der Waals surface area contributed by atoms with Crippen LogP contribution in [0.1, 0.15) is 12.8 Å². The molecule has 3 N–H and O–H groups in total. The van der Waals surface area contributed by atoms with E-state index in [9.17, 15) is 13.0 Å². The molecule has 0 unspecified atom stereocenters. The number of hydrogen-bond acceptors (Lipinski definition) is 3. The van der Waals surface area contributed by atoms with Gasteiger partial charge in [-0.2, -0.15) is 0 Å². The summed E-state index contributed by atoms with van der Waals surface area (Å²) in [6, 6.07) is 0. The van der Waals surface area contributed by atoms with Crippen LogP contribution in [-0.2, 0) is 10.1 Å². The molecule has 0 bridgehead atoms. The summed E-state index contributed by atoms with van der Waals surface area (Å²) in [5, 5.41) is 0. The molecule has 0 spiro atoms. The third-order valence-corrected chi connectivity index (χ3v) is 2.96. The fraction of sp³-hybridized carbons (Fsp3) is 1.00. The van der Waals surface area contributed by atoms with Crippen molar-refractivity contribution in [2.75, 3.05) is 39.5 Å². The van der Waals surface area contributed by atoms with Crippen LogP contribution in [0, 0.1) is 0 Å². The summed E-state index contributed by atoms with van der Waals surface area (Å²) >= 11 is 0. The van der Waals surface area contributed by atoms with Crippen molar-refractivity contribution >= 4 is 10.1 Å². The highest BCUT2D eigenvalue weighted by Crippen LogP contribution is 2.01. The SMILES string of the molecule is C[N+](C)(CCC[NH3+])CCCS(=O)(=O)[O-].[Cl-]. The van der Waals surface area contributed by atoms with Crippen LogP contribution in [0.15, 0.2) is 0 Å². The molecule has 0 aromatic carbocycles. The maximum Gasteiger partial charge on any atom is 0.0948 e. The minimum Gasteiger partial charge on any atom is -1.00 e. The van der Waals surface area contributed by atoms with Crippen LogP contribution in [-0.4, -0.2) is 56.9 Å². The second-order valence-corrected chi connectivity index (χ2v) is 5.73. The third-order valence-electron chi connectivity index (χ3n) is 2.17. The second-order valence-electron chi connectivity index (χ2n) is 4.21. The molecule has 0 radical (unpaired) electrons. The predicted octanol–water partition coefficient (Wildman–Crippen LogP) is -4.37. The Kier molecular flexibility index (Phi) is 8.64. The number of nitrogens with zero attached hydrogens (tertiary/aromatic N) is 1. The minimum absolute atomic E-state index is 0. The molecule has 0 aliphatic heterocycles. The first-order valence-corrected chi connectivity index (χ1v) is 6.39. The summed E-state index contributed by atoms with van der Waals surface area (Å²) in [7, 11) is 0.0302. The van der Waals surface area contributed by atoms with Crippen molar-refractivity contribution in [2.24, 2.45) is 0 Å². The summed E-state index contributed by atoms with van der Waals surface area (Å²) in [5.41, 5.74) is 3.75. The molecule has 0 amide bonds. The summed E-state index contributed by atoms with van der Waals surface area (Å²) in [6.45, 7) is 2.59. The Balaban J connectivity index is 0. The number of quaternary nitrogens is 2. The van der Waals surface area contributed by atoms with Crippen molar-refractivity contribution in [3.8, 4) is 0 Å². The summed E-state index contributed by atoms with van der Waals surface area (Å²) in [5.74, 6) is -0.251. The van der Waals surface area contributed by atoms with Gasteiger partial charge >= 0.3 is 0 Å². The van der Waals surface area contributed by atoms with Gasteiger partial charge in [0, 0.05) is 18.6 Å². The molecule has 0 fully saturated rings. The van der Waals surface area contributed by atoms with Gasteiger partial charge in [0.25, 0.3) is 0 Å². The molecule has 0 aliphatic rings. The Labute approximate surface area is 98.4 Å². The van der Waals surface area contributed by atoms with E-state index in [0.29, 0.717) is 6.42 Å². The van der Waals surface area contributed by atoms with Gasteiger partial charge in [0.1, 0.15) is 0 Å². The quantitative estimate of drug-likeness (QED) is 0.371. The molecule has 0 aromatic heterocycles. The first kappa shape index (κ1) is 17.5. The van der Waals surface area contributed by atoms with Crippen molar-refractivity contribution in [1.29, 1.82) is 0 Å². The van der Waals surface area contributed by atoms with Crippen LogP contribution in [0.4, 0.5) is 0 Å². The normalized spacial score (nSPS) is 12.3. The summed E-state index contributed by atoms with van der Waals surface area (Å²) in [6.07, 6.45) is 1.47. The van der Waals surface area contributed by atoms with Crippen molar-refractivity contribution in [2.45, 2.75) is 12.8 Å². The summed E-state index contributed by atoms with van der Waals surface area (Å²) in [4.78, 5) is 0. The van der Waals surface area contributed by atoms with E-state index in [4.69, 9.17) is 0 Å². The molecular formula is C8H21ClN2O3S. The molecule has 5 nitrogen and oxygen atoms in total. The first-order valence-electron chi connectivity index (χ1n) is 4.82. The first-order chi connectivity index (χ1) is 6.27. The molecule has 15 heavy (non-hydrogen) atoms. The van der Waals surface area contributed by atoms with E-state index < -0.39 is 10.1 Å². The Morgan fingerprint density at radius 2 is 1.67 bits per heavy atom. The minimum atomic E-state index is -4.04. The fourth-order valence-corrected chi connectivity index (χ4v) is 1.80. The van der Waals surface area contributed by atoms with Gasteiger partial charge in [0.2, 0.25) is 0 Å². The zero-order valence-electron chi connectivity index (χ0n) is 9.41. The van der Waals surface area contributed by atoms with Gasteiger partial charge in [-0.15, -0.1) is 0 Å². The van der Waals surface area contributed by atoms with E-state index in [-0.39, 0.29) is 18.2 Å². The Bertz CT molecular complexity index is 255. The van der Waals surface area contributed by atoms with Crippen LogP contribution >= 0.6 is 0 Å². The Hall–Kier alpha value is 0.120. The van der Waals surface area contributed by atoms with Crippen LogP contribution in [0.3, 0.4) is 0 Å². The fourth-order valence-electron chi connectivity index (χ4n) is 1.32. The molecular weight excluding hydrogens is 240 g/mol. The monoisotopic (exact) mass is 260 g/mol. The van der Waals surface area contributed by atoms with E-state index in [2.05, 4.69) is 5.73 Å². The zero-order chi connectivity index (χ0) is 11.2. The molecule has 0 heterocycles. The molecule has 0 atom stereocenters. The van der Waals surface area contributed by atoms with Crippen molar-refractivity contribution in [3.63, 3.8) is 0 Å². The number of hydrogen-bond donors (Lipinski definition) is 1. The molecule has 0 saturated carbocycles.